The molecular formula is C25H17F7N8O3. The van der Waals surface area contributed by atoms with E-state index in [0.29, 0.717) is 23.8 Å². The predicted molar refractivity (Wildman–Crippen MR) is 130 cm³/mol. The average molecular weight is 610 g/mol. The van der Waals surface area contributed by atoms with Gasteiger partial charge in [-0.1, -0.05) is 12.1 Å². The highest BCUT2D eigenvalue weighted by Gasteiger charge is 2.58. The minimum atomic E-state index is -4.87. The predicted octanol–water partition coefficient (Wildman–Crippen LogP) is 3.32. The lowest BCUT2D eigenvalue weighted by Gasteiger charge is -2.35. The molecule has 0 saturated heterocycles. The van der Waals surface area contributed by atoms with Gasteiger partial charge in [0.15, 0.2) is 5.60 Å². The summed E-state index contributed by atoms with van der Waals surface area (Å²) in [5.74, 6) is -7.28. The Kier molecular flexibility index (Phi) is 7.47. The molecule has 0 aliphatic heterocycles. The van der Waals surface area contributed by atoms with Crippen LogP contribution in [0.4, 0.5) is 30.7 Å². The third-order valence-corrected chi connectivity index (χ3v) is 6.25. The molecule has 0 fully saturated rings. The van der Waals surface area contributed by atoms with Crippen molar-refractivity contribution in [3.8, 4) is 11.4 Å². The minimum Gasteiger partial charge on any atom is -0.406 e. The molecule has 0 aliphatic carbocycles. The second-order valence-electron chi connectivity index (χ2n) is 9.10. The Hall–Kier alpha value is -5.13. The van der Waals surface area contributed by atoms with Crippen molar-refractivity contribution in [1.29, 1.82) is 0 Å². The van der Waals surface area contributed by atoms with E-state index in [4.69, 9.17) is 0 Å². The zero-order chi connectivity index (χ0) is 31.0. The van der Waals surface area contributed by atoms with Crippen LogP contribution < -0.4 is 10.4 Å². The summed E-state index contributed by atoms with van der Waals surface area (Å²) < 4.78 is 104. The highest BCUT2D eigenvalue weighted by molar-refractivity contribution is 5.35. The smallest absolute Gasteiger partial charge is 0.406 e. The van der Waals surface area contributed by atoms with E-state index in [0.717, 1.165) is 57.0 Å². The van der Waals surface area contributed by atoms with Crippen molar-refractivity contribution in [2.24, 2.45) is 0 Å². The molecule has 1 N–H and O–H groups in total. The van der Waals surface area contributed by atoms with Crippen LogP contribution in [-0.2, 0) is 24.6 Å². The van der Waals surface area contributed by atoms with Crippen molar-refractivity contribution in [3.05, 3.63) is 112 Å². The number of aliphatic hydroxyl groups is 1. The van der Waals surface area contributed by atoms with Gasteiger partial charge in [-0.25, -0.2) is 27.5 Å². The molecule has 3 heterocycles. The lowest BCUT2D eigenvalue weighted by Crippen LogP contribution is -2.48. The molecule has 1 atom stereocenters. The van der Waals surface area contributed by atoms with Crippen molar-refractivity contribution in [2.45, 2.75) is 31.0 Å². The number of benzene rings is 2. The Morgan fingerprint density at radius 1 is 0.930 bits per heavy atom. The third-order valence-electron chi connectivity index (χ3n) is 6.25. The maximum absolute atomic E-state index is 15.9. The molecular weight excluding hydrogens is 593 g/mol. The lowest BCUT2D eigenvalue weighted by molar-refractivity contribution is -0.274. The summed E-state index contributed by atoms with van der Waals surface area (Å²) in [5.41, 5.74) is -5.67. The van der Waals surface area contributed by atoms with Gasteiger partial charge in [-0.2, -0.15) is 13.9 Å². The standard InChI is InChI=1S/C25H17F7N8O3/c26-16-3-7-19(20(27)9-16)23(42,12-38-13-34-36-37-38)24(28,29)21-8-4-17(10-33-21)39-14-35-40(22(39)41)11-15-1-5-18(6-2-15)43-25(30,31)32/h1-10,13-14,42H,11-12H2. The number of rotatable bonds is 9. The Morgan fingerprint density at radius 3 is 2.28 bits per heavy atom. The van der Waals surface area contributed by atoms with E-state index in [2.05, 4.69) is 30.3 Å². The second kappa shape index (κ2) is 10.9. The number of hydrogen-bond acceptors (Lipinski definition) is 8. The van der Waals surface area contributed by atoms with E-state index < -0.39 is 58.8 Å². The summed E-state index contributed by atoms with van der Waals surface area (Å²) >= 11 is 0. The molecule has 5 aromatic rings. The molecule has 0 aliphatic rings. The number of nitrogens with zero attached hydrogens (tertiary/aromatic N) is 8. The van der Waals surface area contributed by atoms with Crippen molar-refractivity contribution < 1.29 is 40.6 Å². The van der Waals surface area contributed by atoms with Crippen LogP contribution in [0.5, 0.6) is 5.75 Å². The Labute approximate surface area is 235 Å². The molecule has 0 saturated carbocycles. The van der Waals surface area contributed by atoms with Gasteiger partial charge in [0.05, 0.1) is 25.0 Å². The van der Waals surface area contributed by atoms with E-state index in [-0.39, 0.29) is 12.2 Å². The van der Waals surface area contributed by atoms with Crippen molar-refractivity contribution in [1.82, 2.24) is 39.5 Å². The number of tetrazole rings is 1. The number of aromatic nitrogens is 8. The average Bonchev–Trinajstić information content (AvgIpc) is 3.58. The SMILES string of the molecule is O=c1n(-c2ccc(C(F)(F)C(O)(Cn3cnnn3)c3ccc(F)cc3F)nc2)cnn1Cc1ccc(OC(F)(F)F)cc1. The molecule has 0 spiro atoms. The van der Waals surface area contributed by atoms with Gasteiger partial charge in [0.25, 0.3) is 0 Å². The van der Waals surface area contributed by atoms with Crippen LogP contribution in [-0.4, -0.2) is 51.0 Å². The van der Waals surface area contributed by atoms with Crippen LogP contribution in [0.15, 0.2) is 78.2 Å². The highest BCUT2D eigenvalue weighted by Crippen LogP contribution is 2.46. The van der Waals surface area contributed by atoms with Gasteiger partial charge < -0.3 is 9.84 Å². The lowest BCUT2D eigenvalue weighted by atomic mass is 9.84. The maximum atomic E-state index is 15.9. The van der Waals surface area contributed by atoms with Crippen LogP contribution >= 0.6 is 0 Å². The molecule has 43 heavy (non-hydrogen) atoms. The van der Waals surface area contributed by atoms with Gasteiger partial charge in [0, 0.05) is 11.6 Å². The van der Waals surface area contributed by atoms with E-state index in [1.54, 1.807) is 0 Å². The van der Waals surface area contributed by atoms with Crippen LogP contribution in [0.3, 0.4) is 0 Å². The second-order valence-corrected chi connectivity index (χ2v) is 9.10. The molecule has 5 rings (SSSR count). The number of pyridine rings is 1. The molecule has 0 bridgehead atoms. The normalized spacial score (nSPS) is 13.6. The topological polar surface area (TPSA) is 126 Å². The van der Waals surface area contributed by atoms with E-state index in [1.807, 2.05) is 0 Å². The third kappa shape index (κ3) is 5.94. The molecule has 3 aromatic heterocycles. The molecule has 2 aromatic carbocycles. The Morgan fingerprint density at radius 2 is 1.67 bits per heavy atom. The van der Waals surface area contributed by atoms with Gasteiger partial charge in [0.1, 0.15) is 35.7 Å². The van der Waals surface area contributed by atoms with E-state index in [1.165, 1.54) is 12.1 Å². The van der Waals surface area contributed by atoms with Gasteiger partial charge in [-0.3, -0.25) is 4.98 Å². The summed E-state index contributed by atoms with van der Waals surface area (Å²) in [6.45, 7) is -1.19. The molecule has 18 heteroatoms. The summed E-state index contributed by atoms with van der Waals surface area (Å²) in [7, 11) is 0. The first-order valence-electron chi connectivity index (χ1n) is 12.0. The van der Waals surface area contributed by atoms with E-state index in [9.17, 15) is 31.9 Å². The molecule has 1 unspecified atom stereocenters. The maximum Gasteiger partial charge on any atom is 0.573 e. The summed E-state index contributed by atoms with van der Waals surface area (Å²) in [6, 6.07) is 8.29. The number of halogens is 7. The Bertz CT molecular complexity index is 1770. The molecule has 0 amide bonds. The number of hydrogen-bond donors (Lipinski definition) is 1. The van der Waals surface area contributed by atoms with Crippen molar-refractivity contribution in [2.75, 3.05) is 0 Å². The number of alkyl halides is 5. The van der Waals surface area contributed by atoms with Gasteiger partial charge in [-0.15, -0.1) is 18.3 Å². The largest absolute Gasteiger partial charge is 0.573 e. The fourth-order valence-electron chi connectivity index (χ4n) is 4.18. The highest BCUT2D eigenvalue weighted by atomic mass is 19.4. The van der Waals surface area contributed by atoms with Crippen LogP contribution in [0.1, 0.15) is 16.8 Å². The quantitative estimate of drug-likeness (QED) is 0.252. The Balaban J connectivity index is 1.41. The fourth-order valence-corrected chi connectivity index (χ4v) is 4.18. The van der Waals surface area contributed by atoms with Crippen molar-refractivity contribution in [3.63, 3.8) is 0 Å². The zero-order valence-electron chi connectivity index (χ0n) is 21.3. The first kappa shape index (κ1) is 29.4. The van der Waals surface area contributed by atoms with Gasteiger partial charge >= 0.3 is 18.0 Å². The first-order chi connectivity index (χ1) is 20.3. The molecule has 11 nitrogen and oxygen atoms in total. The van der Waals surface area contributed by atoms with E-state index >= 15 is 8.78 Å². The summed E-state index contributed by atoms with van der Waals surface area (Å²) in [6.07, 6.45) is -2.00. The first-order valence-corrected chi connectivity index (χ1v) is 12.0. The van der Waals surface area contributed by atoms with Crippen molar-refractivity contribution >= 4 is 0 Å². The summed E-state index contributed by atoms with van der Waals surface area (Å²) in [5, 5.41) is 25.2. The summed E-state index contributed by atoms with van der Waals surface area (Å²) in [4.78, 5) is 16.6. The molecule has 0 radical (unpaired) electrons. The van der Waals surface area contributed by atoms with Gasteiger partial charge in [0.2, 0.25) is 0 Å². The van der Waals surface area contributed by atoms with Gasteiger partial charge in [-0.05, 0) is 52.4 Å². The van der Waals surface area contributed by atoms with Crippen LogP contribution in [0.25, 0.3) is 5.69 Å². The minimum absolute atomic E-state index is 0.0123. The van der Waals surface area contributed by atoms with Crippen LogP contribution in [0, 0.1) is 11.6 Å². The monoisotopic (exact) mass is 610 g/mol. The number of ether oxygens (including phenoxy) is 1. The molecule has 224 valence electrons. The fraction of sp³-hybridized carbons (Fsp3) is 0.200. The van der Waals surface area contributed by atoms with Crippen LogP contribution in [0.2, 0.25) is 0 Å². The zero-order valence-corrected chi connectivity index (χ0v) is 21.3.